The topological polar surface area (TPSA) is 116 Å². The summed E-state index contributed by atoms with van der Waals surface area (Å²) in [5.41, 5.74) is 1.62. The number of hydrogen-bond donors (Lipinski definition) is 4. The van der Waals surface area contributed by atoms with Crippen molar-refractivity contribution in [3.8, 4) is 22.5 Å². The number of pyridine rings is 2. The number of fused-ring (bicyclic) bond motifs is 6. The predicted molar refractivity (Wildman–Crippen MR) is 130 cm³/mol. The van der Waals surface area contributed by atoms with Crippen molar-refractivity contribution >= 4 is 41.9 Å². The maximum absolute atomic E-state index is 12.9. The second-order valence-electron chi connectivity index (χ2n) is 8.62. The van der Waals surface area contributed by atoms with E-state index in [1.807, 2.05) is 0 Å². The third kappa shape index (κ3) is 2.39. The van der Waals surface area contributed by atoms with E-state index < -0.39 is 34.7 Å². The molecule has 0 aliphatic carbocycles. The van der Waals surface area contributed by atoms with Crippen LogP contribution in [0.15, 0.2) is 97.3 Å². The first kappa shape index (κ1) is 23.4. The molecule has 4 heterocycles. The molecule has 4 aromatic rings. The first-order valence-corrected chi connectivity index (χ1v) is 23.1. The fraction of sp³-hybridized carbons (Fsp3) is 0.0833. The van der Waals surface area contributed by atoms with Gasteiger partial charge in [-0.2, -0.15) is 0 Å². The third-order valence-electron chi connectivity index (χ3n) is 6.85. The van der Waals surface area contributed by atoms with E-state index in [4.69, 9.17) is 7.67 Å². The van der Waals surface area contributed by atoms with Crippen molar-refractivity contribution in [3.63, 3.8) is 0 Å². The van der Waals surface area contributed by atoms with Crippen LogP contribution in [0.1, 0.15) is 0 Å². The minimum absolute atomic E-state index is 0.0881. The van der Waals surface area contributed by atoms with Crippen LogP contribution in [0.2, 0.25) is 0 Å². The van der Waals surface area contributed by atoms with E-state index in [0.717, 1.165) is 19.9 Å². The zero-order chi connectivity index (χ0) is 24.9. The Balaban J connectivity index is 1.84. The van der Waals surface area contributed by atoms with Gasteiger partial charge in [-0.05, 0) is 0 Å². The number of hydrogen-bond acceptors (Lipinski definition) is 7. The number of benzene rings is 2. The maximum atomic E-state index is 12.9. The van der Waals surface area contributed by atoms with E-state index in [1.165, 1.54) is 24.5 Å². The minimum atomic E-state index is -7.92. The molecule has 2 aliphatic heterocycles. The number of aromatic nitrogens is 2. The second kappa shape index (κ2) is 6.12. The van der Waals surface area contributed by atoms with Crippen LogP contribution >= 0.6 is 0 Å². The molecule has 2 aromatic heterocycles. The van der Waals surface area contributed by atoms with Crippen molar-refractivity contribution in [2.45, 2.75) is 0 Å². The Morgan fingerprint density at radius 3 is 1.31 bits per heavy atom. The molecule has 184 valence electrons. The Labute approximate surface area is 202 Å². The van der Waals surface area contributed by atoms with Crippen LogP contribution in [-0.4, -0.2) is 62.8 Å². The normalized spacial score (nSPS) is 25.8. The summed E-state index contributed by atoms with van der Waals surface area (Å²) in [6, 6.07) is 23.0. The average molecular weight is 710 g/mol. The van der Waals surface area contributed by atoms with Gasteiger partial charge in [0.1, 0.15) is 0 Å². The molecular formula is C24H26N2O7Te2+2. The molecule has 4 N–H and O–H groups in total. The molecular weight excluding hydrogens is 683 g/mol. The van der Waals surface area contributed by atoms with E-state index in [-0.39, 0.29) is 7.22 Å². The molecule has 0 radical (unpaired) electrons. The Hall–Kier alpha value is -1.96. The van der Waals surface area contributed by atoms with Crippen LogP contribution in [-0.2, 0) is 7.67 Å². The average Bonchev–Trinajstić information content (AvgIpc) is 3.19. The Morgan fingerprint density at radius 2 is 0.914 bits per heavy atom. The molecule has 0 atom stereocenters. The number of rotatable bonds is 4. The molecule has 0 fully saturated rings. The fourth-order valence-electron chi connectivity index (χ4n) is 5.19. The molecule has 0 unspecified atom stereocenters. The SMILES string of the molecule is CO[Te]1(O)(O)(O[Te]2(O)(O)(OC)c3ccccc3-c3cccc[n+]32)c2ccccc2-c2cccc[n+]21. The van der Waals surface area contributed by atoms with Gasteiger partial charge < -0.3 is 0 Å². The second-order valence-corrected chi connectivity index (χ2v) is 32.0. The molecule has 11 heteroatoms. The van der Waals surface area contributed by atoms with Gasteiger partial charge in [-0.25, -0.2) is 0 Å². The molecule has 0 amide bonds. The molecule has 9 nitrogen and oxygen atoms in total. The van der Waals surface area contributed by atoms with Gasteiger partial charge in [-0.15, -0.1) is 0 Å². The van der Waals surface area contributed by atoms with Gasteiger partial charge in [-0.1, -0.05) is 0 Å². The van der Waals surface area contributed by atoms with Crippen LogP contribution in [0.25, 0.3) is 22.5 Å². The quantitative estimate of drug-likeness (QED) is 0.209. The van der Waals surface area contributed by atoms with Crippen LogP contribution in [0.3, 0.4) is 0 Å². The number of nitrogens with zero attached hydrogens (tertiary/aromatic N) is 2. The molecule has 0 saturated carbocycles. The Kier molecular flexibility index (Phi) is 4.10. The molecule has 6 rings (SSSR count). The summed E-state index contributed by atoms with van der Waals surface area (Å²) < 4.78 is 71.4. The van der Waals surface area contributed by atoms with E-state index in [1.54, 1.807) is 72.8 Å². The zero-order valence-electron chi connectivity index (χ0n) is 19.0. The summed E-state index contributed by atoms with van der Waals surface area (Å²) in [5.74, 6) is 0. The van der Waals surface area contributed by atoms with Crippen molar-refractivity contribution in [1.82, 2.24) is 0 Å². The monoisotopic (exact) mass is 714 g/mol. The zero-order valence-corrected chi connectivity index (χ0v) is 23.6. The van der Waals surface area contributed by atoms with E-state index in [2.05, 4.69) is 0 Å². The van der Waals surface area contributed by atoms with Crippen molar-refractivity contribution < 1.29 is 27.2 Å². The Morgan fingerprint density at radius 1 is 0.543 bits per heavy atom. The molecule has 0 spiro atoms. The summed E-state index contributed by atoms with van der Waals surface area (Å²) in [6.07, 6.45) is 2.81. The summed E-state index contributed by atoms with van der Waals surface area (Å²) in [4.78, 5) is 0. The van der Waals surface area contributed by atoms with Crippen molar-refractivity contribution in [2.75, 3.05) is 14.2 Å². The van der Waals surface area contributed by atoms with Crippen molar-refractivity contribution in [3.05, 3.63) is 97.3 Å². The first-order chi connectivity index (χ1) is 16.4. The molecule has 2 aromatic carbocycles. The van der Waals surface area contributed by atoms with Crippen molar-refractivity contribution in [1.29, 1.82) is 0 Å². The van der Waals surface area contributed by atoms with Crippen LogP contribution in [0, 0.1) is 0 Å². The van der Waals surface area contributed by atoms with Gasteiger partial charge in [0.25, 0.3) is 0 Å². The van der Waals surface area contributed by atoms with Crippen molar-refractivity contribution in [2.24, 2.45) is 0 Å². The van der Waals surface area contributed by atoms with E-state index in [0.29, 0.717) is 22.5 Å². The molecule has 0 saturated heterocycles. The van der Waals surface area contributed by atoms with E-state index in [9.17, 15) is 13.9 Å². The molecule has 35 heavy (non-hydrogen) atoms. The van der Waals surface area contributed by atoms with Gasteiger partial charge in [0, 0.05) is 0 Å². The van der Waals surface area contributed by atoms with Crippen LogP contribution in [0.4, 0.5) is 0 Å². The van der Waals surface area contributed by atoms with Crippen LogP contribution < -0.4 is 12.9 Å². The standard InChI is InChI=1S/C24H24N2O7Te2/c1-31-34(27,28,23-15-5-3-11-19(23)21-13-7-9-17-25(21)34)33-35(29,30,32-2)24-16-6-4-12-20(24)22-14-8-10-18-26(22)35/h3-18H,1-2H3,(H2-2,27,28,29,30)/p+2. The summed E-state index contributed by atoms with van der Waals surface area (Å²) in [7, 11) is 2.18. The predicted octanol–water partition coefficient (Wildman–Crippen LogP) is -0.608. The summed E-state index contributed by atoms with van der Waals surface area (Å²) >= 11 is -15.8. The Bertz CT molecular complexity index is 1400. The van der Waals surface area contributed by atoms with Gasteiger partial charge in [0.15, 0.2) is 0 Å². The molecule has 0 bridgehead atoms. The van der Waals surface area contributed by atoms with Gasteiger partial charge >= 0.3 is 203 Å². The molecule has 2 aliphatic rings. The third-order valence-corrected chi connectivity index (χ3v) is 38.8. The van der Waals surface area contributed by atoms with Gasteiger partial charge in [-0.3, -0.25) is 0 Å². The summed E-state index contributed by atoms with van der Waals surface area (Å²) in [6.45, 7) is 0. The fourth-order valence-corrected chi connectivity index (χ4v) is 43.2. The van der Waals surface area contributed by atoms with Gasteiger partial charge in [0.05, 0.1) is 0 Å². The van der Waals surface area contributed by atoms with E-state index >= 15 is 0 Å². The van der Waals surface area contributed by atoms with Crippen LogP contribution in [0.5, 0.6) is 0 Å². The first-order valence-electron chi connectivity index (χ1n) is 10.7. The van der Waals surface area contributed by atoms with Gasteiger partial charge in [0.2, 0.25) is 0 Å². The summed E-state index contributed by atoms with van der Waals surface area (Å²) in [5, 5.41) is 0.